The van der Waals surface area contributed by atoms with Crippen LogP contribution in [0, 0.1) is 6.92 Å². The number of ether oxygens (including phenoxy) is 3. The van der Waals surface area contributed by atoms with Crippen molar-refractivity contribution in [3.63, 3.8) is 0 Å². The fourth-order valence-electron chi connectivity index (χ4n) is 4.87. The van der Waals surface area contributed by atoms with E-state index in [1.807, 2.05) is 53.4 Å². The van der Waals surface area contributed by atoms with Gasteiger partial charge < -0.3 is 23.7 Å². The zero-order valence-electron chi connectivity index (χ0n) is 19.6. The van der Waals surface area contributed by atoms with Gasteiger partial charge in [-0.15, -0.1) is 0 Å². The van der Waals surface area contributed by atoms with Crippen LogP contribution in [0.15, 0.2) is 66.7 Å². The molecule has 6 rings (SSSR count). The first kappa shape index (κ1) is 21.5. The van der Waals surface area contributed by atoms with Crippen LogP contribution in [0.25, 0.3) is 11.0 Å². The number of carbonyl (C=O) groups is 1. The number of anilines is 1. The van der Waals surface area contributed by atoms with Gasteiger partial charge in [0.1, 0.15) is 11.6 Å². The lowest BCUT2D eigenvalue weighted by molar-refractivity contribution is -0.117. The number of hydrogen-bond donors (Lipinski definition) is 0. The Bertz CT molecular complexity index is 1380. The minimum Gasteiger partial charge on any atom is -0.494 e. The van der Waals surface area contributed by atoms with Gasteiger partial charge in [0.15, 0.2) is 11.5 Å². The van der Waals surface area contributed by atoms with E-state index < -0.39 is 0 Å². The summed E-state index contributed by atoms with van der Waals surface area (Å²) < 4.78 is 19.1. The van der Waals surface area contributed by atoms with E-state index in [2.05, 4.69) is 29.7 Å². The first-order valence-corrected chi connectivity index (χ1v) is 12.0. The minimum atomic E-state index is 0.0124. The van der Waals surface area contributed by atoms with Gasteiger partial charge in [-0.25, -0.2) is 4.98 Å². The number of aromatic nitrogens is 2. The third-order valence-corrected chi connectivity index (χ3v) is 6.66. The number of imidazole rings is 1. The van der Waals surface area contributed by atoms with Crippen molar-refractivity contribution in [3.8, 4) is 17.2 Å². The summed E-state index contributed by atoms with van der Waals surface area (Å²) in [6, 6.07) is 21.9. The molecule has 7 nitrogen and oxygen atoms in total. The molecule has 1 unspecified atom stereocenters. The maximum atomic E-state index is 13.0. The van der Waals surface area contributed by atoms with Crippen LogP contribution in [-0.4, -0.2) is 35.4 Å². The van der Waals surface area contributed by atoms with Crippen molar-refractivity contribution in [1.29, 1.82) is 0 Å². The second-order valence-corrected chi connectivity index (χ2v) is 9.07. The summed E-state index contributed by atoms with van der Waals surface area (Å²) in [5.41, 5.74) is 4.09. The molecule has 178 valence electrons. The van der Waals surface area contributed by atoms with E-state index in [0.29, 0.717) is 31.1 Å². The van der Waals surface area contributed by atoms with Crippen LogP contribution in [0.3, 0.4) is 0 Å². The van der Waals surface area contributed by atoms with Crippen molar-refractivity contribution in [2.24, 2.45) is 0 Å². The van der Waals surface area contributed by atoms with Crippen LogP contribution < -0.4 is 19.1 Å². The Kier molecular flexibility index (Phi) is 5.52. The molecule has 1 aromatic heterocycles. The molecule has 4 aromatic rings. The first-order valence-electron chi connectivity index (χ1n) is 12.0. The summed E-state index contributed by atoms with van der Waals surface area (Å²) in [5, 5.41) is 0. The number of benzene rings is 3. The standard InChI is InChI=1S/C28H27N3O4/c1-19-7-10-22(11-8-19)33-14-4-13-30-24-6-3-2-5-23(24)29-28(30)20-15-27(32)31(17-20)21-9-12-25-26(16-21)35-18-34-25/h2-3,5-12,16,20H,4,13-15,17-18H2,1H3. The summed E-state index contributed by atoms with van der Waals surface area (Å²) in [6.45, 7) is 4.25. The SMILES string of the molecule is Cc1ccc(OCCCn2c(C3CC(=O)N(c4ccc5c(c4)OCO5)C3)nc3ccccc32)cc1. The highest BCUT2D eigenvalue weighted by molar-refractivity contribution is 5.97. The molecule has 2 aliphatic heterocycles. The molecule has 35 heavy (non-hydrogen) atoms. The van der Waals surface area contributed by atoms with Crippen LogP contribution in [0.5, 0.6) is 17.2 Å². The number of aryl methyl sites for hydroxylation is 2. The van der Waals surface area contributed by atoms with Gasteiger partial charge in [0.2, 0.25) is 12.7 Å². The number of rotatable bonds is 7. The number of carbonyl (C=O) groups excluding carboxylic acids is 1. The van der Waals surface area contributed by atoms with Crippen molar-refractivity contribution in [2.75, 3.05) is 24.8 Å². The van der Waals surface area contributed by atoms with Gasteiger partial charge in [-0.2, -0.15) is 0 Å². The zero-order chi connectivity index (χ0) is 23.8. The molecule has 0 radical (unpaired) electrons. The number of hydrogen-bond acceptors (Lipinski definition) is 5. The van der Waals surface area contributed by atoms with E-state index in [4.69, 9.17) is 19.2 Å². The van der Waals surface area contributed by atoms with E-state index in [-0.39, 0.29) is 18.6 Å². The fourth-order valence-corrected chi connectivity index (χ4v) is 4.87. The molecule has 1 saturated heterocycles. The maximum absolute atomic E-state index is 13.0. The molecule has 0 aliphatic carbocycles. The smallest absolute Gasteiger partial charge is 0.231 e. The average molecular weight is 470 g/mol. The highest BCUT2D eigenvalue weighted by Gasteiger charge is 2.35. The summed E-state index contributed by atoms with van der Waals surface area (Å²) >= 11 is 0. The van der Waals surface area contributed by atoms with Crippen LogP contribution in [0.1, 0.15) is 30.1 Å². The molecule has 3 aromatic carbocycles. The Balaban J connectivity index is 1.21. The third-order valence-electron chi connectivity index (χ3n) is 6.66. The predicted octanol–water partition coefficient (Wildman–Crippen LogP) is 5.06. The van der Waals surface area contributed by atoms with Crippen molar-refractivity contribution in [3.05, 3.63) is 78.1 Å². The third kappa shape index (κ3) is 4.18. The molecule has 0 bridgehead atoms. The predicted molar refractivity (Wildman–Crippen MR) is 133 cm³/mol. The molecule has 0 N–H and O–H groups in total. The minimum absolute atomic E-state index is 0.0124. The Labute approximate surface area is 203 Å². The van der Waals surface area contributed by atoms with Crippen LogP contribution >= 0.6 is 0 Å². The molecular weight excluding hydrogens is 442 g/mol. The second kappa shape index (κ2) is 8.98. The summed E-state index contributed by atoms with van der Waals surface area (Å²) in [6.07, 6.45) is 1.27. The first-order chi connectivity index (χ1) is 17.2. The van der Waals surface area contributed by atoms with Crippen molar-refractivity contribution >= 4 is 22.6 Å². The Morgan fingerprint density at radius 3 is 2.74 bits per heavy atom. The highest BCUT2D eigenvalue weighted by Crippen LogP contribution is 2.39. The zero-order valence-corrected chi connectivity index (χ0v) is 19.6. The lowest BCUT2D eigenvalue weighted by atomic mass is 10.1. The van der Waals surface area contributed by atoms with E-state index >= 15 is 0 Å². The van der Waals surface area contributed by atoms with Crippen molar-refractivity contribution < 1.29 is 19.0 Å². The molecule has 3 heterocycles. The summed E-state index contributed by atoms with van der Waals surface area (Å²) in [4.78, 5) is 19.8. The van der Waals surface area contributed by atoms with E-state index in [0.717, 1.165) is 41.3 Å². The molecular formula is C28H27N3O4. The van der Waals surface area contributed by atoms with Gasteiger partial charge in [0.05, 0.1) is 17.6 Å². The monoisotopic (exact) mass is 469 g/mol. The lowest BCUT2D eigenvalue weighted by Gasteiger charge is -2.18. The van der Waals surface area contributed by atoms with Gasteiger partial charge in [0.25, 0.3) is 0 Å². The maximum Gasteiger partial charge on any atom is 0.231 e. The Hall–Kier alpha value is -4.00. The highest BCUT2D eigenvalue weighted by atomic mass is 16.7. The number of nitrogens with zero attached hydrogens (tertiary/aromatic N) is 3. The Morgan fingerprint density at radius 1 is 1.03 bits per heavy atom. The molecule has 2 aliphatic rings. The van der Waals surface area contributed by atoms with Gasteiger partial charge in [0, 0.05) is 37.2 Å². The van der Waals surface area contributed by atoms with E-state index in [9.17, 15) is 4.79 Å². The largest absolute Gasteiger partial charge is 0.494 e. The molecule has 1 amide bonds. The molecule has 0 saturated carbocycles. The summed E-state index contributed by atoms with van der Waals surface area (Å²) in [5.74, 6) is 3.34. The average Bonchev–Trinajstić information content (AvgIpc) is 3.59. The van der Waals surface area contributed by atoms with Crippen LogP contribution in [0.2, 0.25) is 0 Å². The molecule has 0 spiro atoms. The number of fused-ring (bicyclic) bond motifs is 2. The lowest BCUT2D eigenvalue weighted by Crippen LogP contribution is -2.24. The normalized spacial score (nSPS) is 16.9. The van der Waals surface area contributed by atoms with Crippen molar-refractivity contribution in [2.45, 2.75) is 32.2 Å². The molecule has 1 atom stereocenters. The van der Waals surface area contributed by atoms with Crippen LogP contribution in [0.4, 0.5) is 5.69 Å². The Morgan fingerprint density at radius 2 is 1.86 bits per heavy atom. The topological polar surface area (TPSA) is 65.8 Å². The fraction of sp³-hybridized carbons (Fsp3) is 0.286. The quantitative estimate of drug-likeness (QED) is 0.354. The number of amides is 1. The van der Waals surface area contributed by atoms with Gasteiger partial charge in [-0.1, -0.05) is 29.8 Å². The molecule has 7 heteroatoms. The van der Waals surface area contributed by atoms with Crippen molar-refractivity contribution in [1.82, 2.24) is 9.55 Å². The van der Waals surface area contributed by atoms with Crippen LogP contribution in [-0.2, 0) is 11.3 Å². The van der Waals surface area contributed by atoms with Gasteiger partial charge in [-0.3, -0.25) is 4.79 Å². The number of para-hydroxylation sites is 2. The second-order valence-electron chi connectivity index (χ2n) is 9.07. The summed E-state index contributed by atoms with van der Waals surface area (Å²) in [7, 11) is 0. The van der Waals surface area contributed by atoms with Gasteiger partial charge in [-0.05, 0) is 49.7 Å². The van der Waals surface area contributed by atoms with E-state index in [1.54, 1.807) is 0 Å². The van der Waals surface area contributed by atoms with E-state index in [1.165, 1.54) is 5.56 Å². The molecule has 1 fully saturated rings. The van der Waals surface area contributed by atoms with Gasteiger partial charge >= 0.3 is 0 Å².